The summed E-state index contributed by atoms with van der Waals surface area (Å²) in [6, 6.07) is 10.3. The van der Waals surface area contributed by atoms with Gasteiger partial charge in [0.25, 0.3) is 0 Å². The van der Waals surface area contributed by atoms with Crippen LogP contribution in [0.25, 0.3) is 22.5 Å². The number of nitrogens with zero attached hydrogens (tertiary/aromatic N) is 1. The van der Waals surface area contributed by atoms with Crippen LogP contribution in [0.4, 0.5) is 0 Å². The minimum absolute atomic E-state index is 0.205. The fraction of sp³-hybridized carbons (Fsp3) is 0.516. The van der Waals surface area contributed by atoms with Gasteiger partial charge in [-0.25, -0.2) is 0 Å². The number of H-pyrrole nitrogens is 1. The van der Waals surface area contributed by atoms with Gasteiger partial charge in [0, 0.05) is 33.4 Å². The van der Waals surface area contributed by atoms with Crippen LogP contribution in [0.1, 0.15) is 105 Å². The first kappa shape index (κ1) is 26.8. The quantitative estimate of drug-likeness (QED) is 0.348. The maximum absolute atomic E-state index is 11.1. The Labute approximate surface area is 211 Å². The lowest BCUT2D eigenvalue weighted by Gasteiger charge is -2.28. The Morgan fingerprint density at radius 2 is 0.829 bits per heavy atom. The molecule has 0 saturated heterocycles. The van der Waals surface area contributed by atoms with Crippen LogP contribution in [-0.2, 0) is 21.7 Å². The topological polar surface area (TPSA) is 69.1 Å². The van der Waals surface area contributed by atoms with Gasteiger partial charge in [-0.3, -0.25) is 5.10 Å². The van der Waals surface area contributed by atoms with E-state index < -0.39 is 0 Å². The molecule has 2 aromatic carbocycles. The van der Waals surface area contributed by atoms with Gasteiger partial charge in [0.2, 0.25) is 0 Å². The van der Waals surface area contributed by atoms with Crippen molar-refractivity contribution in [1.29, 1.82) is 0 Å². The molecular formula is C31H44N2O2. The van der Waals surface area contributed by atoms with Crippen molar-refractivity contribution in [1.82, 2.24) is 10.2 Å². The maximum atomic E-state index is 11.1. The molecule has 35 heavy (non-hydrogen) atoms. The highest BCUT2D eigenvalue weighted by Crippen LogP contribution is 2.44. The van der Waals surface area contributed by atoms with E-state index in [0.29, 0.717) is 11.5 Å². The lowest BCUT2D eigenvalue weighted by molar-refractivity contribution is 0.422. The third-order valence-corrected chi connectivity index (χ3v) is 6.64. The van der Waals surface area contributed by atoms with Crippen molar-refractivity contribution in [3.05, 3.63) is 52.6 Å². The molecule has 3 aromatic rings. The molecule has 0 unspecified atom stereocenters. The molecule has 0 atom stereocenters. The van der Waals surface area contributed by atoms with Crippen LogP contribution in [0.2, 0.25) is 0 Å². The van der Waals surface area contributed by atoms with Crippen LogP contribution in [-0.4, -0.2) is 20.4 Å². The minimum Gasteiger partial charge on any atom is -0.507 e. The van der Waals surface area contributed by atoms with Gasteiger partial charge in [-0.2, -0.15) is 5.10 Å². The second-order valence-corrected chi connectivity index (χ2v) is 14.0. The SMILES string of the molecule is CC(C)(C)c1cc(-c2cc(-c3cc(C(C)(C)C)c(O)c(C(C)(C)C)c3)[nH]n2)cc(C(C)(C)C)c1O. The van der Waals surface area contributed by atoms with Crippen molar-refractivity contribution < 1.29 is 10.2 Å². The maximum Gasteiger partial charge on any atom is 0.123 e. The number of rotatable bonds is 2. The molecule has 0 aliphatic rings. The van der Waals surface area contributed by atoms with E-state index in [4.69, 9.17) is 0 Å². The predicted molar refractivity (Wildman–Crippen MR) is 148 cm³/mol. The summed E-state index contributed by atoms with van der Waals surface area (Å²) >= 11 is 0. The average molecular weight is 477 g/mol. The zero-order valence-electron chi connectivity index (χ0n) is 23.7. The highest BCUT2D eigenvalue weighted by molar-refractivity contribution is 5.73. The predicted octanol–water partition coefficient (Wildman–Crippen LogP) is 8.34. The van der Waals surface area contributed by atoms with E-state index in [-0.39, 0.29) is 21.7 Å². The van der Waals surface area contributed by atoms with Crippen LogP contribution < -0.4 is 0 Å². The molecule has 0 aliphatic heterocycles. The second kappa shape index (κ2) is 8.43. The molecule has 0 saturated carbocycles. The molecule has 1 heterocycles. The van der Waals surface area contributed by atoms with Crippen LogP contribution in [0.3, 0.4) is 0 Å². The highest BCUT2D eigenvalue weighted by atomic mass is 16.3. The number of hydrogen-bond donors (Lipinski definition) is 3. The first-order chi connectivity index (χ1) is 15.7. The molecule has 4 nitrogen and oxygen atoms in total. The summed E-state index contributed by atoms with van der Waals surface area (Å²) in [5.41, 5.74) is 6.56. The van der Waals surface area contributed by atoms with Gasteiger partial charge < -0.3 is 10.2 Å². The first-order valence-corrected chi connectivity index (χ1v) is 12.5. The molecule has 3 N–H and O–H groups in total. The average Bonchev–Trinajstić information content (AvgIpc) is 3.14. The molecule has 0 fully saturated rings. The second-order valence-electron chi connectivity index (χ2n) is 14.0. The van der Waals surface area contributed by atoms with Gasteiger partial charge in [0.05, 0.1) is 11.4 Å². The Bertz CT molecular complexity index is 1070. The van der Waals surface area contributed by atoms with E-state index in [1.807, 2.05) is 0 Å². The summed E-state index contributed by atoms with van der Waals surface area (Å²) in [4.78, 5) is 0. The number of benzene rings is 2. The molecule has 190 valence electrons. The van der Waals surface area contributed by atoms with E-state index in [2.05, 4.69) is 124 Å². The van der Waals surface area contributed by atoms with Gasteiger partial charge in [-0.05, 0) is 52.0 Å². The van der Waals surface area contributed by atoms with Gasteiger partial charge in [0.1, 0.15) is 11.5 Å². The summed E-state index contributed by atoms with van der Waals surface area (Å²) in [5, 5.41) is 30.1. The fourth-order valence-corrected chi connectivity index (χ4v) is 4.48. The summed E-state index contributed by atoms with van der Waals surface area (Å²) in [6.45, 7) is 25.4. The Hall–Kier alpha value is -2.75. The molecular weight excluding hydrogens is 432 g/mol. The van der Waals surface area contributed by atoms with Gasteiger partial charge >= 0.3 is 0 Å². The Morgan fingerprint density at radius 1 is 0.514 bits per heavy atom. The van der Waals surface area contributed by atoms with E-state index in [0.717, 1.165) is 44.8 Å². The molecule has 0 radical (unpaired) electrons. The third kappa shape index (κ3) is 5.42. The van der Waals surface area contributed by atoms with E-state index >= 15 is 0 Å². The van der Waals surface area contributed by atoms with Crippen molar-refractivity contribution in [2.75, 3.05) is 0 Å². The number of aromatic nitrogens is 2. The van der Waals surface area contributed by atoms with Crippen LogP contribution >= 0.6 is 0 Å². The molecule has 1 aromatic heterocycles. The first-order valence-electron chi connectivity index (χ1n) is 12.5. The molecule has 0 aliphatic carbocycles. The lowest BCUT2D eigenvalue weighted by Crippen LogP contribution is -2.17. The Kier molecular flexibility index (Phi) is 6.46. The molecule has 4 heteroatoms. The monoisotopic (exact) mass is 476 g/mol. The standard InChI is InChI=1S/C31H44N2O2/c1-28(2,3)20-13-18(14-21(26(20)34)29(4,5)6)24-17-25(33-32-24)19-15-22(30(7,8)9)27(35)23(16-19)31(10,11)12/h13-17,34-35H,1-12H3,(H,32,33). The van der Waals surface area contributed by atoms with Crippen molar-refractivity contribution in [3.8, 4) is 34.0 Å². The van der Waals surface area contributed by atoms with Crippen molar-refractivity contribution in [3.63, 3.8) is 0 Å². The normalized spacial score (nSPS) is 13.4. The molecule has 0 amide bonds. The zero-order valence-corrected chi connectivity index (χ0v) is 23.7. The fourth-order valence-electron chi connectivity index (χ4n) is 4.48. The van der Waals surface area contributed by atoms with Gasteiger partial charge in [-0.15, -0.1) is 0 Å². The molecule has 0 spiro atoms. The van der Waals surface area contributed by atoms with Gasteiger partial charge in [0.15, 0.2) is 0 Å². The lowest BCUT2D eigenvalue weighted by atomic mass is 9.78. The largest absolute Gasteiger partial charge is 0.507 e. The minimum atomic E-state index is -0.209. The summed E-state index contributed by atoms with van der Waals surface area (Å²) in [5.74, 6) is 0.740. The van der Waals surface area contributed by atoms with Gasteiger partial charge in [-0.1, -0.05) is 83.1 Å². The molecule has 0 bridgehead atoms. The van der Waals surface area contributed by atoms with Crippen LogP contribution in [0, 0.1) is 0 Å². The number of nitrogens with one attached hydrogen (secondary N) is 1. The van der Waals surface area contributed by atoms with E-state index in [1.165, 1.54) is 0 Å². The van der Waals surface area contributed by atoms with E-state index in [1.54, 1.807) is 0 Å². The third-order valence-electron chi connectivity index (χ3n) is 6.64. The Morgan fingerprint density at radius 3 is 1.14 bits per heavy atom. The van der Waals surface area contributed by atoms with Crippen LogP contribution in [0.5, 0.6) is 11.5 Å². The summed E-state index contributed by atoms with van der Waals surface area (Å²) in [6.07, 6.45) is 0. The van der Waals surface area contributed by atoms with E-state index in [9.17, 15) is 10.2 Å². The smallest absolute Gasteiger partial charge is 0.123 e. The summed E-state index contributed by atoms with van der Waals surface area (Å²) in [7, 11) is 0. The number of aromatic hydroxyl groups is 2. The Balaban J connectivity index is 2.23. The zero-order chi connectivity index (χ0) is 26.7. The molecule has 3 rings (SSSR count). The summed E-state index contributed by atoms with van der Waals surface area (Å²) < 4.78 is 0. The van der Waals surface area contributed by atoms with Crippen molar-refractivity contribution in [2.24, 2.45) is 0 Å². The van der Waals surface area contributed by atoms with Crippen molar-refractivity contribution >= 4 is 0 Å². The number of phenols is 2. The number of phenolic OH excluding ortho intramolecular Hbond substituents is 2. The van der Waals surface area contributed by atoms with Crippen molar-refractivity contribution in [2.45, 2.75) is 105 Å². The number of aromatic amines is 1. The van der Waals surface area contributed by atoms with Crippen LogP contribution in [0.15, 0.2) is 30.3 Å². The highest BCUT2D eigenvalue weighted by Gasteiger charge is 2.29. The number of hydrogen-bond acceptors (Lipinski definition) is 3.